The molecule has 0 aromatic carbocycles. The van der Waals surface area contributed by atoms with E-state index in [9.17, 15) is 4.79 Å². The summed E-state index contributed by atoms with van der Waals surface area (Å²) in [5.74, 6) is 1.79. The standard InChI is InChI=1S/C15H19NO5S/c1-18-6-9-11(8-2-3-20-12(8)9)16-15(17)14-13-10(7-22-14)19-4-5-21-13/h7-9,11-12H,2-6H2,1H3,(H,16,17)/t8-,9-,11-,12-/m1/s1. The van der Waals surface area contributed by atoms with Gasteiger partial charge in [0.1, 0.15) is 18.1 Å². The second kappa shape index (κ2) is 5.72. The first-order valence-corrected chi connectivity index (χ1v) is 8.46. The molecule has 3 aliphatic rings. The fraction of sp³-hybridized carbons (Fsp3) is 0.667. The lowest BCUT2D eigenvalue weighted by Gasteiger charge is -2.47. The third-order valence-corrected chi connectivity index (χ3v) is 5.63. The number of thiophene rings is 1. The summed E-state index contributed by atoms with van der Waals surface area (Å²) in [7, 11) is 1.68. The van der Waals surface area contributed by atoms with E-state index in [0.29, 0.717) is 42.1 Å². The molecular weight excluding hydrogens is 306 g/mol. The van der Waals surface area contributed by atoms with Gasteiger partial charge in [-0.05, 0) is 6.42 Å². The van der Waals surface area contributed by atoms with Crippen LogP contribution in [-0.2, 0) is 9.47 Å². The number of ether oxygens (including phenoxy) is 4. The van der Waals surface area contributed by atoms with Gasteiger partial charge in [0.15, 0.2) is 11.5 Å². The number of carbonyl (C=O) groups excluding carboxylic acids is 1. The lowest BCUT2D eigenvalue weighted by atomic mass is 9.67. The lowest BCUT2D eigenvalue weighted by molar-refractivity contribution is -0.0809. The van der Waals surface area contributed by atoms with Gasteiger partial charge in [-0.2, -0.15) is 0 Å². The Morgan fingerprint density at radius 3 is 3.14 bits per heavy atom. The fourth-order valence-electron chi connectivity index (χ4n) is 3.67. The zero-order valence-electron chi connectivity index (χ0n) is 12.4. The van der Waals surface area contributed by atoms with Gasteiger partial charge in [-0.25, -0.2) is 0 Å². The van der Waals surface area contributed by atoms with Crippen molar-refractivity contribution in [2.75, 3.05) is 33.5 Å². The van der Waals surface area contributed by atoms with Gasteiger partial charge in [0.2, 0.25) is 0 Å². The molecule has 4 atom stereocenters. The van der Waals surface area contributed by atoms with E-state index in [1.165, 1.54) is 11.3 Å². The highest BCUT2D eigenvalue weighted by Gasteiger charge is 2.54. The minimum Gasteiger partial charge on any atom is -0.485 e. The van der Waals surface area contributed by atoms with Gasteiger partial charge in [-0.3, -0.25) is 4.79 Å². The van der Waals surface area contributed by atoms with Gasteiger partial charge < -0.3 is 24.3 Å². The van der Waals surface area contributed by atoms with Gasteiger partial charge in [0, 0.05) is 37.0 Å². The predicted octanol–water partition coefficient (Wildman–Crippen LogP) is 1.30. The molecule has 7 heteroatoms. The first kappa shape index (κ1) is 14.3. The summed E-state index contributed by atoms with van der Waals surface area (Å²) >= 11 is 1.37. The van der Waals surface area contributed by atoms with E-state index in [1.807, 2.05) is 5.38 Å². The Labute approximate surface area is 132 Å². The van der Waals surface area contributed by atoms with Crippen LogP contribution < -0.4 is 14.8 Å². The fourth-order valence-corrected chi connectivity index (χ4v) is 4.50. The normalized spacial score (nSPS) is 32.2. The van der Waals surface area contributed by atoms with E-state index >= 15 is 0 Å². The number of hydrogen-bond donors (Lipinski definition) is 1. The largest absolute Gasteiger partial charge is 0.485 e. The van der Waals surface area contributed by atoms with Crippen LogP contribution in [0.25, 0.3) is 0 Å². The molecular formula is C15H19NO5S. The summed E-state index contributed by atoms with van der Waals surface area (Å²) in [6, 6.07) is 0.113. The molecule has 1 aromatic heterocycles. The van der Waals surface area contributed by atoms with Crippen molar-refractivity contribution in [3.05, 3.63) is 10.3 Å². The first-order chi connectivity index (χ1) is 10.8. The Bertz CT molecular complexity index is 574. The second-order valence-electron chi connectivity index (χ2n) is 5.86. The number of methoxy groups -OCH3 is 1. The number of carbonyl (C=O) groups is 1. The van der Waals surface area contributed by atoms with Crippen LogP contribution in [0.15, 0.2) is 5.38 Å². The Kier molecular flexibility index (Phi) is 3.71. The molecule has 0 unspecified atom stereocenters. The van der Waals surface area contributed by atoms with E-state index in [2.05, 4.69) is 5.32 Å². The van der Waals surface area contributed by atoms with E-state index in [1.54, 1.807) is 7.11 Å². The molecule has 6 nitrogen and oxygen atoms in total. The van der Waals surface area contributed by atoms with Crippen molar-refractivity contribution < 1.29 is 23.7 Å². The third kappa shape index (κ3) is 2.19. The SMILES string of the molecule is COC[C@@H]1[C@H](NC(=O)c2scc3c2OCCO3)[C@H]2CCO[C@H]21. The zero-order chi connectivity index (χ0) is 15.1. The molecule has 2 aliphatic heterocycles. The van der Waals surface area contributed by atoms with Crippen LogP contribution in [0.4, 0.5) is 0 Å². The highest BCUT2D eigenvalue weighted by Crippen LogP contribution is 2.45. The summed E-state index contributed by atoms with van der Waals surface area (Å²) in [6.07, 6.45) is 1.22. The van der Waals surface area contributed by atoms with Crippen molar-refractivity contribution in [1.82, 2.24) is 5.32 Å². The maximum atomic E-state index is 12.6. The molecule has 3 heterocycles. The number of amides is 1. The molecule has 1 aliphatic carbocycles. The van der Waals surface area contributed by atoms with Gasteiger partial charge in [-0.1, -0.05) is 0 Å². The summed E-state index contributed by atoms with van der Waals surface area (Å²) in [4.78, 5) is 13.2. The van der Waals surface area contributed by atoms with Crippen molar-refractivity contribution in [1.29, 1.82) is 0 Å². The summed E-state index contributed by atoms with van der Waals surface area (Å²) < 4.78 is 22.1. The topological polar surface area (TPSA) is 66.0 Å². The quantitative estimate of drug-likeness (QED) is 0.904. The minimum atomic E-state index is -0.0896. The van der Waals surface area contributed by atoms with Crippen molar-refractivity contribution in [2.45, 2.75) is 18.6 Å². The Morgan fingerprint density at radius 2 is 2.27 bits per heavy atom. The first-order valence-electron chi connectivity index (χ1n) is 7.58. The lowest BCUT2D eigenvalue weighted by Crippen LogP contribution is -2.62. The minimum absolute atomic E-state index is 0.0896. The average molecular weight is 325 g/mol. The summed E-state index contributed by atoms with van der Waals surface area (Å²) in [5, 5.41) is 4.98. The van der Waals surface area contributed by atoms with Gasteiger partial charge in [0.05, 0.1) is 12.7 Å². The van der Waals surface area contributed by atoms with E-state index < -0.39 is 0 Å². The van der Waals surface area contributed by atoms with E-state index in [-0.39, 0.29) is 24.0 Å². The van der Waals surface area contributed by atoms with Crippen molar-refractivity contribution in [2.24, 2.45) is 11.8 Å². The predicted molar refractivity (Wildman–Crippen MR) is 79.8 cm³/mol. The van der Waals surface area contributed by atoms with Crippen molar-refractivity contribution in [3.63, 3.8) is 0 Å². The third-order valence-electron chi connectivity index (χ3n) is 4.69. The summed E-state index contributed by atoms with van der Waals surface area (Å²) in [6.45, 7) is 2.39. The van der Waals surface area contributed by atoms with E-state index in [4.69, 9.17) is 18.9 Å². The molecule has 1 saturated heterocycles. The Morgan fingerprint density at radius 1 is 1.41 bits per heavy atom. The molecule has 1 aromatic rings. The van der Waals surface area contributed by atoms with Crippen molar-refractivity contribution >= 4 is 17.2 Å². The van der Waals surface area contributed by atoms with Gasteiger partial charge >= 0.3 is 0 Å². The van der Waals surface area contributed by atoms with Crippen molar-refractivity contribution in [3.8, 4) is 11.5 Å². The van der Waals surface area contributed by atoms with Crippen LogP contribution in [-0.4, -0.2) is 51.6 Å². The number of fused-ring (bicyclic) bond motifs is 2. The Balaban J connectivity index is 1.48. The Hall–Kier alpha value is -1.31. The monoisotopic (exact) mass is 325 g/mol. The highest BCUT2D eigenvalue weighted by molar-refractivity contribution is 7.12. The number of nitrogens with one attached hydrogen (secondary N) is 1. The number of rotatable bonds is 4. The summed E-state index contributed by atoms with van der Waals surface area (Å²) in [5.41, 5.74) is 0. The molecule has 0 bridgehead atoms. The molecule has 1 saturated carbocycles. The molecule has 4 rings (SSSR count). The molecule has 120 valence electrons. The van der Waals surface area contributed by atoms with E-state index in [0.717, 1.165) is 13.0 Å². The molecule has 0 spiro atoms. The van der Waals surface area contributed by atoms with Crippen LogP contribution in [0.3, 0.4) is 0 Å². The molecule has 1 N–H and O–H groups in total. The zero-order valence-corrected chi connectivity index (χ0v) is 13.2. The van der Waals surface area contributed by atoms with Crippen LogP contribution in [0.5, 0.6) is 11.5 Å². The van der Waals surface area contributed by atoms with Crippen LogP contribution in [0.1, 0.15) is 16.1 Å². The van der Waals surface area contributed by atoms with Crippen LogP contribution in [0.2, 0.25) is 0 Å². The molecule has 0 radical (unpaired) electrons. The maximum absolute atomic E-state index is 12.6. The van der Waals surface area contributed by atoms with Gasteiger partial charge in [-0.15, -0.1) is 11.3 Å². The number of hydrogen-bond acceptors (Lipinski definition) is 6. The molecule has 1 amide bonds. The molecule has 2 fully saturated rings. The molecule has 22 heavy (non-hydrogen) atoms. The second-order valence-corrected chi connectivity index (χ2v) is 6.74. The maximum Gasteiger partial charge on any atom is 0.265 e. The average Bonchev–Trinajstić information content (AvgIpc) is 3.15. The highest BCUT2D eigenvalue weighted by atomic mass is 32.1. The smallest absolute Gasteiger partial charge is 0.265 e. The van der Waals surface area contributed by atoms with Crippen LogP contribution in [0, 0.1) is 11.8 Å². The van der Waals surface area contributed by atoms with Gasteiger partial charge in [0.25, 0.3) is 5.91 Å². The van der Waals surface area contributed by atoms with Crippen LogP contribution >= 0.6 is 11.3 Å².